The molecule has 2 heteroatoms. The Hall–Kier alpha value is -5.21. The van der Waals surface area contributed by atoms with E-state index in [2.05, 4.69) is 91.0 Å². The number of benzene rings is 7. The summed E-state index contributed by atoms with van der Waals surface area (Å²) in [6, 6.07) is 48.4. The molecule has 0 saturated carbocycles. The average Bonchev–Trinajstić information content (AvgIpc) is 3.01. The summed E-state index contributed by atoms with van der Waals surface area (Å²) in [7, 11) is 0. The predicted molar refractivity (Wildman–Crippen MR) is 165 cm³/mol. The van der Waals surface area contributed by atoms with Gasteiger partial charge in [0.25, 0.3) is 5.56 Å². The molecule has 8 aromatic rings. The zero-order valence-corrected chi connectivity index (χ0v) is 21.1. The van der Waals surface area contributed by atoms with Gasteiger partial charge in [0.1, 0.15) is 0 Å². The van der Waals surface area contributed by atoms with E-state index in [-0.39, 0.29) is 5.56 Å². The van der Waals surface area contributed by atoms with Crippen LogP contribution in [0.25, 0.3) is 70.8 Å². The first kappa shape index (κ1) is 21.8. The molecule has 0 radical (unpaired) electrons. The highest BCUT2D eigenvalue weighted by Crippen LogP contribution is 2.38. The van der Waals surface area contributed by atoms with E-state index in [1.54, 1.807) is 0 Å². The van der Waals surface area contributed by atoms with Crippen LogP contribution >= 0.6 is 0 Å². The molecule has 182 valence electrons. The van der Waals surface area contributed by atoms with Crippen molar-refractivity contribution < 1.29 is 0 Å². The SMILES string of the molecule is O=c1c2ccccc2c2cc(-c3ccc4c5ccccc5c5ccccc5c4c3)ccc2n1-c1ccccc1. The van der Waals surface area contributed by atoms with E-state index in [0.717, 1.165) is 38.5 Å². The summed E-state index contributed by atoms with van der Waals surface area (Å²) in [6.45, 7) is 0. The predicted octanol–water partition coefficient (Wildman–Crippen LogP) is 9.27. The van der Waals surface area contributed by atoms with E-state index in [1.165, 1.54) is 32.3 Å². The van der Waals surface area contributed by atoms with Crippen molar-refractivity contribution in [2.45, 2.75) is 0 Å². The number of hydrogen-bond acceptors (Lipinski definition) is 1. The maximum Gasteiger partial charge on any atom is 0.263 e. The summed E-state index contributed by atoms with van der Waals surface area (Å²) in [5.41, 5.74) is 4.07. The van der Waals surface area contributed by atoms with Crippen molar-refractivity contribution >= 4 is 54.0 Å². The average molecular weight is 498 g/mol. The molecule has 0 aliphatic rings. The van der Waals surface area contributed by atoms with E-state index in [9.17, 15) is 4.79 Å². The Morgan fingerprint density at radius 1 is 0.359 bits per heavy atom. The molecule has 1 heterocycles. The van der Waals surface area contributed by atoms with E-state index >= 15 is 0 Å². The lowest BCUT2D eigenvalue weighted by Gasteiger charge is -2.15. The maximum absolute atomic E-state index is 13.6. The van der Waals surface area contributed by atoms with E-state index < -0.39 is 0 Å². The van der Waals surface area contributed by atoms with Gasteiger partial charge in [0.2, 0.25) is 0 Å². The zero-order valence-electron chi connectivity index (χ0n) is 21.1. The zero-order chi connectivity index (χ0) is 25.9. The largest absolute Gasteiger partial charge is 0.276 e. The van der Waals surface area contributed by atoms with Gasteiger partial charge in [-0.25, -0.2) is 0 Å². The van der Waals surface area contributed by atoms with Crippen LogP contribution in [0.3, 0.4) is 0 Å². The first-order valence-corrected chi connectivity index (χ1v) is 13.2. The molecule has 0 amide bonds. The van der Waals surface area contributed by atoms with Gasteiger partial charge in [0.05, 0.1) is 5.52 Å². The molecule has 0 fully saturated rings. The molecule has 2 nitrogen and oxygen atoms in total. The molecular formula is C37H23NO. The topological polar surface area (TPSA) is 22.0 Å². The summed E-state index contributed by atoms with van der Waals surface area (Å²) >= 11 is 0. The standard InChI is InChI=1S/C37H23NO/c39-37-33-17-9-8-16-31(33)35-23-25(19-21-36(35)38(37)26-10-2-1-3-11-26)24-18-20-32-29-14-5-4-12-27(29)28-13-6-7-15-30(28)34(32)22-24/h1-23H. The highest BCUT2D eigenvalue weighted by Gasteiger charge is 2.14. The highest BCUT2D eigenvalue weighted by atomic mass is 16.1. The van der Waals surface area contributed by atoms with E-state index in [1.807, 2.05) is 53.1 Å². The fourth-order valence-electron chi connectivity index (χ4n) is 6.18. The molecule has 0 spiro atoms. The van der Waals surface area contributed by atoms with Crippen LogP contribution in [0.15, 0.2) is 144 Å². The maximum atomic E-state index is 13.6. The minimum Gasteiger partial charge on any atom is -0.276 e. The van der Waals surface area contributed by atoms with Crippen molar-refractivity contribution in [3.05, 3.63) is 150 Å². The number of pyridine rings is 1. The molecule has 0 bridgehead atoms. The minimum absolute atomic E-state index is 0.00102. The Balaban J connectivity index is 1.43. The molecule has 0 atom stereocenters. The molecule has 1 aromatic heterocycles. The van der Waals surface area contributed by atoms with Crippen LogP contribution in [0.4, 0.5) is 0 Å². The first-order valence-electron chi connectivity index (χ1n) is 13.2. The Morgan fingerprint density at radius 2 is 0.795 bits per heavy atom. The molecule has 7 aromatic carbocycles. The third-order valence-electron chi connectivity index (χ3n) is 7.98. The number of hydrogen-bond donors (Lipinski definition) is 0. The Labute approximate surface area is 225 Å². The Morgan fingerprint density at radius 3 is 1.41 bits per heavy atom. The number of nitrogens with zero attached hydrogens (tertiary/aromatic N) is 1. The smallest absolute Gasteiger partial charge is 0.263 e. The first-order chi connectivity index (χ1) is 19.3. The quantitative estimate of drug-likeness (QED) is 0.218. The Bertz CT molecular complexity index is 2260. The van der Waals surface area contributed by atoms with Crippen molar-refractivity contribution in [2.24, 2.45) is 0 Å². The third-order valence-corrected chi connectivity index (χ3v) is 7.98. The van der Waals surface area contributed by atoms with Crippen LogP contribution in [0, 0.1) is 0 Å². The highest BCUT2D eigenvalue weighted by molar-refractivity contribution is 6.25. The molecule has 0 saturated heterocycles. The molecular weight excluding hydrogens is 474 g/mol. The lowest BCUT2D eigenvalue weighted by atomic mass is 9.91. The molecule has 0 N–H and O–H groups in total. The van der Waals surface area contributed by atoms with Gasteiger partial charge in [-0.2, -0.15) is 0 Å². The number of aromatic nitrogens is 1. The van der Waals surface area contributed by atoms with Gasteiger partial charge in [-0.3, -0.25) is 9.36 Å². The van der Waals surface area contributed by atoms with Gasteiger partial charge >= 0.3 is 0 Å². The summed E-state index contributed by atoms with van der Waals surface area (Å²) < 4.78 is 1.83. The van der Waals surface area contributed by atoms with Crippen LogP contribution in [-0.2, 0) is 0 Å². The second-order valence-corrected chi connectivity index (χ2v) is 10.1. The van der Waals surface area contributed by atoms with Crippen molar-refractivity contribution in [1.82, 2.24) is 4.57 Å². The van der Waals surface area contributed by atoms with Crippen molar-refractivity contribution in [1.29, 1.82) is 0 Å². The van der Waals surface area contributed by atoms with Gasteiger partial charge < -0.3 is 0 Å². The van der Waals surface area contributed by atoms with Crippen LogP contribution in [0.1, 0.15) is 0 Å². The van der Waals surface area contributed by atoms with E-state index in [4.69, 9.17) is 0 Å². The summed E-state index contributed by atoms with van der Waals surface area (Å²) in [5, 5.41) is 10.4. The van der Waals surface area contributed by atoms with Crippen molar-refractivity contribution in [2.75, 3.05) is 0 Å². The van der Waals surface area contributed by atoms with Crippen molar-refractivity contribution in [3.8, 4) is 16.8 Å². The van der Waals surface area contributed by atoms with E-state index in [0.29, 0.717) is 0 Å². The second kappa shape index (κ2) is 8.41. The van der Waals surface area contributed by atoms with Gasteiger partial charge in [0.15, 0.2) is 0 Å². The number of fused-ring (bicyclic) bond motifs is 9. The third kappa shape index (κ3) is 3.25. The van der Waals surface area contributed by atoms with Gasteiger partial charge in [-0.1, -0.05) is 103 Å². The van der Waals surface area contributed by atoms with Crippen LogP contribution < -0.4 is 5.56 Å². The fourth-order valence-corrected chi connectivity index (χ4v) is 6.18. The van der Waals surface area contributed by atoms with Gasteiger partial charge in [-0.15, -0.1) is 0 Å². The van der Waals surface area contributed by atoms with Crippen LogP contribution in [0.5, 0.6) is 0 Å². The van der Waals surface area contributed by atoms with Crippen molar-refractivity contribution in [3.63, 3.8) is 0 Å². The number of rotatable bonds is 2. The lowest BCUT2D eigenvalue weighted by Crippen LogP contribution is -2.19. The fraction of sp³-hybridized carbons (Fsp3) is 0. The molecule has 0 unspecified atom stereocenters. The monoisotopic (exact) mass is 497 g/mol. The summed E-state index contributed by atoms with van der Waals surface area (Å²) in [6.07, 6.45) is 0. The normalized spacial score (nSPS) is 11.7. The number of para-hydroxylation sites is 1. The second-order valence-electron chi connectivity index (χ2n) is 10.1. The summed E-state index contributed by atoms with van der Waals surface area (Å²) in [5.74, 6) is 0. The molecule has 0 aliphatic heterocycles. The van der Waals surface area contributed by atoms with Gasteiger partial charge in [0, 0.05) is 16.5 Å². The Kier molecular flexibility index (Phi) is 4.71. The minimum atomic E-state index is 0.00102. The molecule has 0 aliphatic carbocycles. The molecule has 8 rings (SSSR count). The molecule has 39 heavy (non-hydrogen) atoms. The van der Waals surface area contributed by atoms with Gasteiger partial charge in [-0.05, 0) is 85.2 Å². The van der Waals surface area contributed by atoms with Crippen LogP contribution in [0.2, 0.25) is 0 Å². The van der Waals surface area contributed by atoms with Crippen LogP contribution in [-0.4, -0.2) is 4.57 Å². The lowest BCUT2D eigenvalue weighted by molar-refractivity contribution is 1.06. The summed E-state index contributed by atoms with van der Waals surface area (Å²) in [4.78, 5) is 13.6.